The van der Waals surface area contributed by atoms with E-state index in [2.05, 4.69) is 57.8 Å². The van der Waals surface area contributed by atoms with E-state index in [0.29, 0.717) is 18.3 Å². The molecule has 0 saturated carbocycles. The number of hydrogen-bond acceptors (Lipinski definition) is 3. The molecule has 0 aliphatic carbocycles. The lowest BCUT2D eigenvalue weighted by Crippen LogP contribution is -2.26. The molecule has 3 aromatic rings. The average molecular weight is 481 g/mol. The summed E-state index contributed by atoms with van der Waals surface area (Å²) in [6.07, 6.45) is 2.09. The van der Waals surface area contributed by atoms with Crippen LogP contribution in [0.1, 0.15) is 30.0 Å². The van der Waals surface area contributed by atoms with E-state index in [1.165, 1.54) is 5.56 Å². The fourth-order valence-electron chi connectivity index (χ4n) is 3.22. The third kappa shape index (κ3) is 7.85. The minimum Gasteiger partial charge on any atom is -0.483 e. The van der Waals surface area contributed by atoms with Crippen molar-refractivity contribution in [2.75, 3.05) is 11.9 Å². The quantitative estimate of drug-likeness (QED) is 0.380. The van der Waals surface area contributed by atoms with Crippen molar-refractivity contribution < 1.29 is 9.53 Å². The molecule has 5 heteroatoms. The van der Waals surface area contributed by atoms with Crippen LogP contribution < -0.4 is 15.4 Å². The summed E-state index contributed by atoms with van der Waals surface area (Å²) in [5, 5.41) is 6.43. The first-order valence-corrected chi connectivity index (χ1v) is 11.3. The zero-order valence-corrected chi connectivity index (χ0v) is 19.6. The van der Waals surface area contributed by atoms with Crippen LogP contribution in [-0.2, 0) is 17.8 Å². The maximum absolute atomic E-state index is 12.3. The molecule has 1 amide bonds. The molecule has 0 spiro atoms. The summed E-state index contributed by atoms with van der Waals surface area (Å²) < 4.78 is 6.82. The van der Waals surface area contributed by atoms with Crippen LogP contribution in [0.5, 0.6) is 5.75 Å². The molecule has 1 atom stereocenters. The Hall–Kier alpha value is -2.63. The number of anilines is 1. The minimum atomic E-state index is -0.179. The van der Waals surface area contributed by atoms with Gasteiger partial charge in [-0.1, -0.05) is 64.0 Å². The Morgan fingerprint density at radius 1 is 1.03 bits per heavy atom. The standard InChI is InChI=1S/C26H29BrN2O2/c1-19-8-13-24(14-9-19)29-26(30)18-31-25-15-12-23(27)16-22(25)17-28-20(2)10-11-21-6-4-3-5-7-21/h3-9,12-16,20,28H,10-11,17-18H2,1-2H3,(H,29,30)/t20-/m0/s1. The Balaban J connectivity index is 1.51. The fourth-order valence-corrected chi connectivity index (χ4v) is 3.63. The molecule has 4 nitrogen and oxygen atoms in total. The van der Waals surface area contributed by atoms with Gasteiger partial charge in [-0.25, -0.2) is 0 Å². The van der Waals surface area contributed by atoms with E-state index in [9.17, 15) is 4.79 Å². The highest BCUT2D eigenvalue weighted by atomic mass is 79.9. The molecule has 0 fully saturated rings. The van der Waals surface area contributed by atoms with Crippen LogP contribution >= 0.6 is 15.9 Å². The topological polar surface area (TPSA) is 50.4 Å². The molecule has 3 rings (SSSR count). The highest BCUT2D eigenvalue weighted by Crippen LogP contribution is 2.23. The Kier molecular flexibility index (Phi) is 8.68. The number of halogens is 1. The summed E-state index contributed by atoms with van der Waals surface area (Å²) in [6, 6.07) is 24.4. The van der Waals surface area contributed by atoms with Crippen LogP contribution in [0.15, 0.2) is 77.3 Å². The van der Waals surface area contributed by atoms with Gasteiger partial charge in [-0.05, 0) is 62.6 Å². The van der Waals surface area contributed by atoms with Crippen LogP contribution in [0.2, 0.25) is 0 Å². The average Bonchev–Trinajstić information content (AvgIpc) is 2.78. The van der Waals surface area contributed by atoms with Crippen molar-refractivity contribution in [2.24, 2.45) is 0 Å². The molecule has 0 saturated heterocycles. The van der Waals surface area contributed by atoms with Crippen molar-refractivity contribution in [1.82, 2.24) is 5.32 Å². The molecule has 2 N–H and O–H groups in total. The summed E-state index contributed by atoms with van der Waals surface area (Å²) >= 11 is 3.53. The second-order valence-corrected chi connectivity index (χ2v) is 8.68. The number of rotatable bonds is 10. The van der Waals surface area contributed by atoms with E-state index < -0.39 is 0 Å². The van der Waals surface area contributed by atoms with Crippen LogP contribution in [0.4, 0.5) is 5.69 Å². The molecule has 3 aromatic carbocycles. The third-order valence-corrected chi connectivity index (χ3v) is 5.56. The monoisotopic (exact) mass is 480 g/mol. The van der Waals surface area contributed by atoms with Gasteiger partial charge in [-0.2, -0.15) is 0 Å². The first-order chi connectivity index (χ1) is 15.0. The maximum atomic E-state index is 12.3. The molecular weight excluding hydrogens is 452 g/mol. The van der Waals surface area contributed by atoms with Gasteiger partial charge >= 0.3 is 0 Å². The fraction of sp³-hybridized carbons (Fsp3) is 0.269. The van der Waals surface area contributed by atoms with Gasteiger partial charge in [-0.15, -0.1) is 0 Å². The molecule has 162 valence electrons. The summed E-state index contributed by atoms with van der Waals surface area (Å²) in [4.78, 5) is 12.3. The first-order valence-electron chi connectivity index (χ1n) is 10.5. The predicted octanol–water partition coefficient (Wildman–Crippen LogP) is 5.89. The molecule has 0 aliphatic rings. The minimum absolute atomic E-state index is 0.0356. The zero-order chi connectivity index (χ0) is 22.1. The Morgan fingerprint density at radius 2 is 1.77 bits per heavy atom. The number of nitrogens with one attached hydrogen (secondary N) is 2. The van der Waals surface area contributed by atoms with E-state index >= 15 is 0 Å². The van der Waals surface area contributed by atoms with E-state index in [1.54, 1.807) is 0 Å². The Morgan fingerprint density at radius 3 is 2.52 bits per heavy atom. The number of benzene rings is 3. The van der Waals surface area contributed by atoms with Crippen LogP contribution in [0, 0.1) is 6.92 Å². The maximum Gasteiger partial charge on any atom is 0.262 e. The van der Waals surface area contributed by atoms with Gasteiger partial charge in [0.25, 0.3) is 5.91 Å². The van der Waals surface area contributed by atoms with Gasteiger partial charge in [0.05, 0.1) is 0 Å². The number of amides is 1. The lowest BCUT2D eigenvalue weighted by atomic mass is 10.1. The molecule has 0 aromatic heterocycles. The summed E-state index contributed by atoms with van der Waals surface area (Å²) in [5.74, 6) is 0.534. The predicted molar refractivity (Wildman–Crippen MR) is 131 cm³/mol. The van der Waals surface area contributed by atoms with Crippen molar-refractivity contribution in [3.8, 4) is 5.75 Å². The van der Waals surface area contributed by atoms with Crippen molar-refractivity contribution in [2.45, 2.75) is 39.3 Å². The second kappa shape index (κ2) is 11.7. The Bertz CT molecular complexity index is 974. The van der Waals surface area contributed by atoms with Crippen LogP contribution in [0.3, 0.4) is 0 Å². The first kappa shape index (κ1) is 23.0. The SMILES string of the molecule is Cc1ccc(NC(=O)COc2ccc(Br)cc2CN[C@@H](C)CCc2ccccc2)cc1. The van der Waals surface area contributed by atoms with Crippen molar-refractivity contribution in [3.63, 3.8) is 0 Å². The molecule has 31 heavy (non-hydrogen) atoms. The largest absolute Gasteiger partial charge is 0.483 e. The normalized spacial score (nSPS) is 11.7. The molecule has 0 bridgehead atoms. The number of carbonyl (C=O) groups excluding carboxylic acids is 1. The zero-order valence-electron chi connectivity index (χ0n) is 18.0. The van der Waals surface area contributed by atoms with E-state index in [1.807, 2.05) is 55.5 Å². The number of carbonyl (C=O) groups is 1. The molecule has 0 heterocycles. The summed E-state index contributed by atoms with van der Waals surface area (Å²) in [7, 11) is 0. The number of ether oxygens (including phenoxy) is 1. The van der Waals surface area contributed by atoms with Crippen molar-refractivity contribution >= 4 is 27.5 Å². The van der Waals surface area contributed by atoms with Crippen molar-refractivity contribution in [1.29, 1.82) is 0 Å². The van der Waals surface area contributed by atoms with Gasteiger partial charge in [0, 0.05) is 28.3 Å². The van der Waals surface area contributed by atoms with Gasteiger partial charge in [0.2, 0.25) is 0 Å². The van der Waals surface area contributed by atoms with Crippen LogP contribution in [0.25, 0.3) is 0 Å². The smallest absolute Gasteiger partial charge is 0.262 e. The van der Waals surface area contributed by atoms with Gasteiger partial charge in [0.1, 0.15) is 5.75 Å². The number of hydrogen-bond donors (Lipinski definition) is 2. The van der Waals surface area contributed by atoms with Gasteiger partial charge in [-0.3, -0.25) is 4.79 Å². The molecular formula is C26H29BrN2O2. The second-order valence-electron chi connectivity index (χ2n) is 7.76. The highest BCUT2D eigenvalue weighted by molar-refractivity contribution is 9.10. The lowest BCUT2D eigenvalue weighted by Gasteiger charge is -2.17. The van der Waals surface area contributed by atoms with Gasteiger partial charge in [0.15, 0.2) is 6.61 Å². The van der Waals surface area contributed by atoms with E-state index in [4.69, 9.17) is 4.74 Å². The van der Waals surface area contributed by atoms with Crippen LogP contribution in [-0.4, -0.2) is 18.6 Å². The van der Waals surface area contributed by atoms with E-state index in [0.717, 1.165) is 34.1 Å². The highest BCUT2D eigenvalue weighted by Gasteiger charge is 2.10. The molecule has 0 unspecified atom stereocenters. The van der Waals surface area contributed by atoms with Crippen molar-refractivity contribution in [3.05, 3.63) is 94.0 Å². The van der Waals surface area contributed by atoms with Gasteiger partial charge < -0.3 is 15.4 Å². The molecule has 0 aliphatic heterocycles. The summed E-state index contributed by atoms with van der Waals surface area (Å²) in [6.45, 7) is 4.84. The lowest BCUT2D eigenvalue weighted by molar-refractivity contribution is -0.118. The number of aryl methyl sites for hydroxylation is 2. The summed E-state index contributed by atoms with van der Waals surface area (Å²) in [5.41, 5.74) is 4.29. The Labute approximate surface area is 193 Å². The third-order valence-electron chi connectivity index (χ3n) is 5.07. The molecule has 0 radical (unpaired) electrons. The van der Waals surface area contributed by atoms with E-state index in [-0.39, 0.29) is 12.5 Å².